The van der Waals surface area contributed by atoms with E-state index in [1.807, 2.05) is 18.2 Å². The zero-order valence-corrected chi connectivity index (χ0v) is 34.8. The van der Waals surface area contributed by atoms with Gasteiger partial charge in [-0.25, -0.2) is 4.39 Å². The van der Waals surface area contributed by atoms with Crippen molar-refractivity contribution >= 4 is 40.3 Å². The summed E-state index contributed by atoms with van der Waals surface area (Å²) in [5.74, 6) is 0.0925. The van der Waals surface area contributed by atoms with Gasteiger partial charge in [0.2, 0.25) is 6.79 Å². The fourth-order valence-electron chi connectivity index (χ4n) is 7.19. The first kappa shape index (κ1) is 42.8. The van der Waals surface area contributed by atoms with Gasteiger partial charge in [0.05, 0.1) is 41.0 Å². The Morgan fingerprint density at radius 2 is 1.31 bits per heavy atom. The molecule has 2 amide bonds. The van der Waals surface area contributed by atoms with E-state index in [2.05, 4.69) is 28.2 Å². The molecular formula is C46H47FN6O9. The van der Waals surface area contributed by atoms with Crippen molar-refractivity contribution in [1.29, 1.82) is 0 Å². The van der Waals surface area contributed by atoms with Gasteiger partial charge in [-0.05, 0) is 84.8 Å². The molecule has 5 aromatic rings. The highest BCUT2D eigenvalue weighted by Crippen LogP contribution is 2.44. The van der Waals surface area contributed by atoms with E-state index in [1.165, 1.54) is 34.1 Å². The summed E-state index contributed by atoms with van der Waals surface area (Å²) < 4.78 is 24.2. The number of phenolic OH excluding ortho intramolecular Hbond substituents is 2. The molecule has 0 spiro atoms. The van der Waals surface area contributed by atoms with Crippen molar-refractivity contribution < 1.29 is 38.5 Å². The van der Waals surface area contributed by atoms with E-state index in [0.717, 1.165) is 41.8 Å². The van der Waals surface area contributed by atoms with E-state index in [0.29, 0.717) is 17.1 Å². The van der Waals surface area contributed by atoms with Gasteiger partial charge in [0.15, 0.2) is 28.8 Å². The third kappa shape index (κ3) is 8.75. The molecule has 3 aliphatic rings. The fourth-order valence-corrected chi connectivity index (χ4v) is 7.19. The molecule has 0 aromatic heterocycles. The Morgan fingerprint density at radius 3 is 1.87 bits per heavy atom. The van der Waals surface area contributed by atoms with Crippen LogP contribution in [0.2, 0.25) is 0 Å². The van der Waals surface area contributed by atoms with Crippen molar-refractivity contribution in [1.82, 2.24) is 15.1 Å². The molecule has 16 heteroatoms. The van der Waals surface area contributed by atoms with Gasteiger partial charge < -0.3 is 50.8 Å². The predicted molar refractivity (Wildman–Crippen MR) is 231 cm³/mol. The third-order valence-corrected chi connectivity index (χ3v) is 10.9. The van der Waals surface area contributed by atoms with Crippen molar-refractivity contribution in [2.45, 2.75) is 44.7 Å². The van der Waals surface area contributed by atoms with E-state index in [9.17, 15) is 38.6 Å². The molecule has 1 fully saturated rings. The number of rotatable bonds is 14. The number of hydrogen-bond acceptors (Lipinski definition) is 13. The van der Waals surface area contributed by atoms with E-state index in [4.69, 9.17) is 9.47 Å². The predicted octanol–water partition coefficient (Wildman–Crippen LogP) is 6.30. The van der Waals surface area contributed by atoms with Crippen LogP contribution >= 0.6 is 0 Å². The molecule has 1 saturated carbocycles. The van der Waals surface area contributed by atoms with Crippen LogP contribution in [0.5, 0.6) is 23.0 Å². The van der Waals surface area contributed by atoms with Crippen LogP contribution in [0.25, 0.3) is 0 Å². The number of halogens is 1. The number of nitrogens with one attached hydrogen (secondary N) is 4. The maximum Gasteiger partial charge on any atom is 0.257 e. The van der Waals surface area contributed by atoms with Crippen LogP contribution < -0.4 is 41.6 Å². The highest BCUT2D eigenvalue weighted by Gasteiger charge is 2.35. The third-order valence-electron chi connectivity index (χ3n) is 10.9. The number of phenols is 2. The Kier molecular flexibility index (Phi) is 12.2. The summed E-state index contributed by atoms with van der Waals surface area (Å²) in [5.41, 5.74) is 2.49. The zero-order chi connectivity index (χ0) is 44.4. The number of ether oxygens (including phenoxy) is 2. The van der Waals surface area contributed by atoms with Crippen LogP contribution in [0.1, 0.15) is 76.5 Å². The van der Waals surface area contributed by atoms with Gasteiger partial charge in [0, 0.05) is 33.9 Å². The first-order valence-electron chi connectivity index (χ1n) is 20.1. The molecular weight excluding hydrogens is 800 g/mol. The number of allylic oxidation sites excluding steroid dienone is 2. The number of benzene rings is 4. The number of aromatic hydroxyl groups is 2. The van der Waals surface area contributed by atoms with E-state index >= 15 is 0 Å². The number of hydrogen-bond donors (Lipinski definition) is 6. The number of para-hydroxylation sites is 2. The lowest BCUT2D eigenvalue weighted by Crippen LogP contribution is -2.37. The molecule has 5 aromatic carbocycles. The standard InChI is InChI=1S/C23H22FN3O4.C23H25N3O5/c1-27(2)23(31)15-4-3-5-16(20(15)28)25-18-19(22(30)21(18)29)26-17(12-6-7-12)13-8-10-14(24)11-9-13;1-4-15(13-8-9-19-20(10-13)31-12-30-19)24-17-11-18(27)21(17)25-16-7-5-6-14(22(16)28)23(29)26(2)3/h3-5,8-12,17,25-26,28H,6-7H2,1-2H3;5-10,15,24-25,28H,4,11-12H2,1-3H3/t;15-/m.1/s1. The summed E-state index contributed by atoms with van der Waals surface area (Å²) in [6.07, 6.45) is 2.99. The molecule has 62 heavy (non-hydrogen) atoms. The topological polar surface area (TPSA) is 199 Å². The van der Waals surface area contributed by atoms with Crippen LogP contribution in [0, 0.1) is 11.7 Å². The summed E-state index contributed by atoms with van der Waals surface area (Å²) >= 11 is 0. The average molecular weight is 847 g/mol. The molecule has 6 N–H and O–H groups in total. The summed E-state index contributed by atoms with van der Waals surface area (Å²) in [7, 11) is 6.36. The first-order chi connectivity index (χ1) is 29.7. The molecule has 0 saturated heterocycles. The van der Waals surface area contributed by atoms with Crippen molar-refractivity contribution in [2.24, 2.45) is 5.92 Å². The number of fused-ring (bicyclic) bond motifs is 1. The summed E-state index contributed by atoms with van der Waals surface area (Å²) in [4.78, 5) is 64.0. The van der Waals surface area contributed by atoms with Gasteiger partial charge in [0.1, 0.15) is 22.9 Å². The van der Waals surface area contributed by atoms with Crippen molar-refractivity contribution in [3.63, 3.8) is 0 Å². The van der Waals surface area contributed by atoms with Crippen molar-refractivity contribution in [3.8, 4) is 23.0 Å². The maximum atomic E-state index is 13.3. The Balaban J connectivity index is 0.000000186. The van der Waals surface area contributed by atoms with Crippen LogP contribution in [0.4, 0.5) is 27.1 Å². The maximum absolute atomic E-state index is 13.3. The van der Waals surface area contributed by atoms with Crippen LogP contribution in [0.3, 0.4) is 0 Å². The Labute approximate surface area is 356 Å². The SMILES string of the molecule is CC[C@@H](NC1=C(Nc2cccc(C(=O)N(C)C)c2O)C(=O)C1)c1ccc2c(c1)OCO2.CN(C)C(=O)c1cccc(Nc2c(NC(c3ccc(F)cc3)C3CC3)c(=O)c2=O)c1O. The minimum atomic E-state index is -0.708. The Hall–Kier alpha value is -7.36. The van der Waals surface area contributed by atoms with Crippen LogP contribution in [-0.4, -0.2) is 72.6 Å². The van der Waals surface area contributed by atoms with E-state index < -0.39 is 16.8 Å². The fraction of sp³-hybridized carbons (Fsp3) is 0.283. The number of nitrogens with zero attached hydrogens (tertiary/aromatic N) is 2. The molecule has 2 aliphatic carbocycles. The lowest BCUT2D eigenvalue weighted by atomic mass is 9.95. The number of ketones is 1. The van der Waals surface area contributed by atoms with Gasteiger partial charge in [-0.3, -0.25) is 24.0 Å². The number of amides is 2. The molecule has 322 valence electrons. The zero-order valence-electron chi connectivity index (χ0n) is 34.8. The van der Waals surface area contributed by atoms with Crippen LogP contribution in [0.15, 0.2) is 99.8 Å². The average Bonchev–Trinajstić information content (AvgIpc) is 4.00. The highest BCUT2D eigenvalue weighted by molar-refractivity contribution is 6.07. The molecule has 1 heterocycles. The molecule has 15 nitrogen and oxygen atoms in total. The van der Waals surface area contributed by atoms with Crippen LogP contribution in [-0.2, 0) is 4.79 Å². The number of anilines is 4. The van der Waals surface area contributed by atoms with Gasteiger partial charge in [0.25, 0.3) is 22.7 Å². The second-order valence-electron chi connectivity index (χ2n) is 15.6. The monoisotopic (exact) mass is 846 g/mol. The lowest BCUT2D eigenvalue weighted by molar-refractivity contribution is -0.116. The second kappa shape index (κ2) is 17.7. The van der Waals surface area contributed by atoms with E-state index in [1.54, 1.807) is 64.6 Å². The normalized spacial score (nSPS) is 14.8. The summed E-state index contributed by atoms with van der Waals surface area (Å²) in [5, 5.41) is 33.5. The highest BCUT2D eigenvalue weighted by atomic mass is 19.1. The quantitative estimate of drug-likeness (QED) is 0.0539. The largest absolute Gasteiger partial charge is 0.505 e. The first-order valence-corrected chi connectivity index (χ1v) is 20.1. The van der Waals surface area contributed by atoms with Gasteiger partial charge in [-0.15, -0.1) is 0 Å². The minimum Gasteiger partial charge on any atom is -0.505 e. The minimum absolute atomic E-state index is 0.0235. The molecule has 2 atom stereocenters. The summed E-state index contributed by atoms with van der Waals surface area (Å²) in [6, 6.07) is 21.0. The molecule has 1 aliphatic heterocycles. The van der Waals surface area contributed by atoms with Crippen molar-refractivity contribution in [3.05, 3.63) is 139 Å². The number of carbonyl (C=O) groups excluding carboxylic acids is 3. The van der Waals surface area contributed by atoms with Gasteiger partial charge in [-0.2, -0.15) is 0 Å². The van der Waals surface area contributed by atoms with E-state index in [-0.39, 0.29) is 88.4 Å². The molecule has 8 rings (SSSR count). The second-order valence-corrected chi connectivity index (χ2v) is 15.6. The number of carbonyl (C=O) groups is 3. The Morgan fingerprint density at radius 1 is 0.742 bits per heavy atom. The molecule has 0 bridgehead atoms. The van der Waals surface area contributed by atoms with Gasteiger partial charge >= 0.3 is 0 Å². The van der Waals surface area contributed by atoms with Gasteiger partial charge in [-0.1, -0.05) is 37.3 Å². The lowest BCUT2D eigenvalue weighted by Gasteiger charge is -2.29. The molecule has 1 unspecified atom stereocenters. The summed E-state index contributed by atoms with van der Waals surface area (Å²) in [6.45, 7) is 2.27. The smallest absolute Gasteiger partial charge is 0.257 e. The number of Topliss-reactive ketones (excluding diaryl/α,β-unsaturated/α-hetero) is 1. The Bertz CT molecular complexity index is 2650. The van der Waals surface area contributed by atoms with Crippen molar-refractivity contribution in [2.75, 3.05) is 50.9 Å². The molecule has 0 radical (unpaired) electrons.